The first-order chi connectivity index (χ1) is 10.2. The maximum absolute atomic E-state index is 9.23. The zero-order chi connectivity index (χ0) is 15.1. The average Bonchev–Trinajstić information content (AvgIpc) is 2.48. The van der Waals surface area contributed by atoms with Gasteiger partial charge in [-0.1, -0.05) is 43.0 Å². The highest BCUT2D eigenvalue weighted by atomic mass is 16.7. The lowest BCUT2D eigenvalue weighted by molar-refractivity contribution is -0.0131. The first kappa shape index (κ1) is 14.7. The van der Waals surface area contributed by atoms with E-state index in [9.17, 15) is 5.11 Å². The van der Waals surface area contributed by atoms with Gasteiger partial charge in [0, 0.05) is 6.92 Å². The molecule has 21 heavy (non-hydrogen) atoms. The molecule has 0 aliphatic rings. The van der Waals surface area contributed by atoms with Crippen LogP contribution in [0.1, 0.15) is 18.1 Å². The summed E-state index contributed by atoms with van der Waals surface area (Å²) in [6.45, 7) is 5.29. The van der Waals surface area contributed by atoms with Crippen molar-refractivity contribution in [2.24, 2.45) is 0 Å². The van der Waals surface area contributed by atoms with E-state index in [1.807, 2.05) is 48.6 Å². The van der Waals surface area contributed by atoms with Crippen molar-refractivity contribution < 1.29 is 14.6 Å². The first-order valence-corrected chi connectivity index (χ1v) is 6.67. The van der Waals surface area contributed by atoms with Gasteiger partial charge in [-0.05, 0) is 35.4 Å². The fourth-order valence-electron chi connectivity index (χ4n) is 1.79. The zero-order valence-corrected chi connectivity index (χ0v) is 11.9. The van der Waals surface area contributed by atoms with Gasteiger partial charge in [0.05, 0.1) is 6.26 Å². The fraction of sp³-hybridized carbons (Fsp3) is 0.111. The zero-order valence-electron chi connectivity index (χ0n) is 11.9. The molecule has 3 heteroatoms. The molecule has 1 unspecified atom stereocenters. The molecule has 0 spiro atoms. The van der Waals surface area contributed by atoms with Crippen molar-refractivity contribution in [3.8, 4) is 11.5 Å². The van der Waals surface area contributed by atoms with Gasteiger partial charge in [-0.15, -0.1) is 0 Å². The summed E-state index contributed by atoms with van der Waals surface area (Å²) in [5.41, 5.74) is 2.09. The Kier molecular flexibility index (Phi) is 5.04. The van der Waals surface area contributed by atoms with Crippen LogP contribution in [0, 0.1) is 0 Å². The Hall–Kier alpha value is -2.68. The van der Waals surface area contributed by atoms with Crippen LogP contribution in [0.4, 0.5) is 0 Å². The van der Waals surface area contributed by atoms with E-state index >= 15 is 0 Å². The largest absolute Gasteiger partial charge is 0.508 e. The molecule has 2 aromatic carbocycles. The van der Waals surface area contributed by atoms with E-state index in [-0.39, 0.29) is 12.0 Å². The maximum Gasteiger partial charge on any atom is 0.237 e. The second-order valence-electron chi connectivity index (χ2n) is 4.48. The molecule has 3 nitrogen and oxygen atoms in total. The van der Waals surface area contributed by atoms with Crippen molar-refractivity contribution in [1.29, 1.82) is 0 Å². The van der Waals surface area contributed by atoms with Crippen LogP contribution in [0.25, 0.3) is 12.2 Å². The number of ether oxygens (including phenoxy) is 2. The predicted octanol–water partition coefficient (Wildman–Crippen LogP) is 4.45. The number of aromatic hydroxyl groups is 1. The van der Waals surface area contributed by atoms with E-state index < -0.39 is 0 Å². The first-order valence-electron chi connectivity index (χ1n) is 6.67. The Morgan fingerprint density at radius 1 is 0.952 bits per heavy atom. The summed E-state index contributed by atoms with van der Waals surface area (Å²) in [4.78, 5) is 0. The van der Waals surface area contributed by atoms with Crippen LogP contribution >= 0.6 is 0 Å². The Balaban J connectivity index is 1.98. The normalized spacial score (nSPS) is 12.0. The van der Waals surface area contributed by atoms with Gasteiger partial charge in [0.1, 0.15) is 11.5 Å². The van der Waals surface area contributed by atoms with E-state index in [0.717, 1.165) is 16.9 Å². The van der Waals surface area contributed by atoms with Crippen LogP contribution in [-0.2, 0) is 4.74 Å². The molecule has 2 aromatic rings. The molecule has 0 amide bonds. The molecular weight excluding hydrogens is 264 g/mol. The molecule has 1 atom stereocenters. The standard InChI is InChI=1S/C18H18O3/c1-3-20-14(2)21-18-12-8-16(9-13-18)5-4-15-6-10-17(19)11-7-15/h3-14,19H,1H2,2H3/b5-4+. The van der Waals surface area contributed by atoms with Crippen LogP contribution in [0.15, 0.2) is 61.4 Å². The molecule has 0 aliphatic heterocycles. The topological polar surface area (TPSA) is 38.7 Å². The summed E-state index contributed by atoms with van der Waals surface area (Å²) < 4.78 is 10.6. The number of hydrogen-bond acceptors (Lipinski definition) is 3. The van der Waals surface area contributed by atoms with Gasteiger partial charge in [0.15, 0.2) is 0 Å². The van der Waals surface area contributed by atoms with Gasteiger partial charge in [-0.2, -0.15) is 0 Å². The van der Waals surface area contributed by atoms with Crippen LogP contribution in [-0.4, -0.2) is 11.4 Å². The Morgan fingerprint density at radius 3 is 2.00 bits per heavy atom. The van der Waals surface area contributed by atoms with Gasteiger partial charge in [-0.25, -0.2) is 0 Å². The van der Waals surface area contributed by atoms with Crippen molar-refractivity contribution in [2.45, 2.75) is 13.2 Å². The van der Waals surface area contributed by atoms with E-state index in [0.29, 0.717) is 0 Å². The maximum atomic E-state index is 9.23. The summed E-state index contributed by atoms with van der Waals surface area (Å²) in [5, 5.41) is 9.23. The van der Waals surface area contributed by atoms with Gasteiger partial charge >= 0.3 is 0 Å². The van der Waals surface area contributed by atoms with Crippen LogP contribution in [0.3, 0.4) is 0 Å². The quantitative estimate of drug-likeness (QED) is 0.483. The van der Waals surface area contributed by atoms with Gasteiger partial charge in [0.2, 0.25) is 6.29 Å². The van der Waals surface area contributed by atoms with Crippen LogP contribution in [0.2, 0.25) is 0 Å². The number of hydrogen-bond donors (Lipinski definition) is 1. The predicted molar refractivity (Wildman–Crippen MR) is 84.8 cm³/mol. The third kappa shape index (κ3) is 4.73. The Bertz CT molecular complexity index is 597. The fourth-order valence-corrected chi connectivity index (χ4v) is 1.79. The summed E-state index contributed by atoms with van der Waals surface area (Å²) in [7, 11) is 0. The third-order valence-electron chi connectivity index (χ3n) is 2.83. The van der Waals surface area contributed by atoms with E-state index in [1.165, 1.54) is 6.26 Å². The highest BCUT2D eigenvalue weighted by Crippen LogP contribution is 2.17. The van der Waals surface area contributed by atoms with Crippen molar-refractivity contribution in [3.05, 3.63) is 72.5 Å². The summed E-state index contributed by atoms with van der Waals surface area (Å²) in [6, 6.07) is 14.8. The Labute approximate surface area is 124 Å². The summed E-state index contributed by atoms with van der Waals surface area (Å²) in [6.07, 6.45) is 4.98. The minimum atomic E-state index is -0.360. The number of phenolic OH excluding ortho intramolecular Hbond substituents is 1. The van der Waals surface area contributed by atoms with Crippen molar-refractivity contribution in [1.82, 2.24) is 0 Å². The third-order valence-corrected chi connectivity index (χ3v) is 2.83. The Morgan fingerprint density at radius 2 is 1.48 bits per heavy atom. The van der Waals surface area contributed by atoms with E-state index in [2.05, 4.69) is 6.58 Å². The highest BCUT2D eigenvalue weighted by molar-refractivity contribution is 5.70. The number of rotatable bonds is 6. The highest BCUT2D eigenvalue weighted by Gasteiger charge is 2.01. The molecule has 0 saturated carbocycles. The van der Waals surface area contributed by atoms with E-state index in [1.54, 1.807) is 19.1 Å². The van der Waals surface area contributed by atoms with Crippen molar-refractivity contribution >= 4 is 12.2 Å². The van der Waals surface area contributed by atoms with Crippen molar-refractivity contribution in [2.75, 3.05) is 0 Å². The second kappa shape index (κ2) is 7.20. The molecule has 0 fully saturated rings. The van der Waals surface area contributed by atoms with E-state index in [4.69, 9.17) is 9.47 Å². The molecule has 0 aromatic heterocycles. The van der Waals surface area contributed by atoms with Gasteiger partial charge in [0.25, 0.3) is 0 Å². The second-order valence-corrected chi connectivity index (χ2v) is 4.48. The molecule has 0 aliphatic carbocycles. The molecule has 0 radical (unpaired) electrons. The molecule has 0 bridgehead atoms. The minimum Gasteiger partial charge on any atom is -0.508 e. The lowest BCUT2D eigenvalue weighted by Crippen LogP contribution is -2.12. The minimum absolute atomic E-state index is 0.268. The van der Waals surface area contributed by atoms with Crippen LogP contribution in [0.5, 0.6) is 11.5 Å². The molecule has 0 heterocycles. The molecule has 1 N–H and O–H groups in total. The molecular formula is C18H18O3. The van der Waals surface area contributed by atoms with Crippen molar-refractivity contribution in [3.63, 3.8) is 0 Å². The SMILES string of the molecule is C=COC(C)Oc1ccc(/C=C/c2ccc(O)cc2)cc1. The monoisotopic (exact) mass is 282 g/mol. The molecule has 0 saturated heterocycles. The number of benzene rings is 2. The van der Waals surface area contributed by atoms with Gasteiger partial charge < -0.3 is 14.6 Å². The number of phenols is 1. The molecule has 2 rings (SSSR count). The smallest absolute Gasteiger partial charge is 0.237 e. The average molecular weight is 282 g/mol. The molecule has 108 valence electrons. The lowest BCUT2D eigenvalue weighted by atomic mass is 10.1. The lowest BCUT2D eigenvalue weighted by Gasteiger charge is -2.13. The summed E-state index contributed by atoms with van der Waals surface area (Å²) in [5.74, 6) is 1.01. The van der Waals surface area contributed by atoms with Gasteiger partial charge in [-0.3, -0.25) is 0 Å². The van der Waals surface area contributed by atoms with Crippen LogP contribution < -0.4 is 4.74 Å². The summed E-state index contributed by atoms with van der Waals surface area (Å²) >= 11 is 0.